The molecule has 36 heavy (non-hydrogen) atoms. The zero-order valence-corrected chi connectivity index (χ0v) is 23.9. The topological polar surface area (TPSA) is 92.1 Å². The first kappa shape index (κ1) is 31.7. The van der Waals surface area contributed by atoms with E-state index in [4.69, 9.17) is 17.0 Å². The molecule has 1 aromatic carbocycles. The number of hydrogen-bond donors (Lipinski definition) is 2. The lowest BCUT2D eigenvalue weighted by Gasteiger charge is -2.26. The van der Waals surface area contributed by atoms with Crippen LogP contribution in [0.4, 0.5) is 10.1 Å². The van der Waals surface area contributed by atoms with Crippen molar-refractivity contribution in [2.45, 2.75) is 70.8 Å². The van der Waals surface area contributed by atoms with Gasteiger partial charge in [0.2, 0.25) is 0 Å². The number of methoxy groups -OCH3 is 1. The highest BCUT2D eigenvalue weighted by Crippen LogP contribution is 2.37. The predicted molar refractivity (Wildman–Crippen MR) is 149 cm³/mol. The van der Waals surface area contributed by atoms with Gasteiger partial charge in [-0.05, 0) is 69.0 Å². The number of ether oxygens (including phenoxy) is 1. The molecule has 0 saturated heterocycles. The maximum Gasteiger partial charge on any atom is 0.165 e. The Kier molecular flexibility index (Phi) is 12.7. The Balaban J connectivity index is 0.00000120. The Morgan fingerprint density at radius 2 is 1.81 bits per heavy atom. The van der Waals surface area contributed by atoms with Crippen LogP contribution in [0, 0.1) is 11.2 Å². The van der Waals surface area contributed by atoms with Crippen LogP contribution in [0.2, 0.25) is 5.02 Å². The molecule has 9 heteroatoms. The second-order valence-electron chi connectivity index (χ2n) is 8.68. The molecule has 0 bridgehead atoms. The molecular weight excluding hydrogens is 501 g/mol. The molecule has 1 aliphatic carbocycles. The van der Waals surface area contributed by atoms with E-state index in [1.165, 1.54) is 31.6 Å². The fourth-order valence-electron chi connectivity index (χ4n) is 3.20. The highest BCUT2D eigenvalue weighted by atomic mass is 35.5. The maximum atomic E-state index is 14.5. The van der Waals surface area contributed by atoms with Gasteiger partial charge in [0.25, 0.3) is 0 Å². The van der Waals surface area contributed by atoms with Gasteiger partial charge in [-0.1, -0.05) is 38.8 Å². The number of nitrogens with one attached hydrogen (secondary N) is 2. The number of aromatic nitrogens is 1. The second-order valence-corrected chi connectivity index (χ2v) is 11.7. The van der Waals surface area contributed by atoms with Crippen LogP contribution in [0.1, 0.15) is 71.6 Å². The zero-order valence-electron chi connectivity index (χ0n) is 22.3. The lowest BCUT2D eigenvalue weighted by atomic mass is 10.0. The standard InChI is InChI=1S/C23H27ClFN3O2S.C2H6O.C2H6/c1-4-5-21(26)23(2,3)31(29,30)14-16-12-18(9-10-19(16)25)28-22(15-6-7-15)20-11-8-17(24)13-27-20;1-3-2;1-2/h8-13,26,28H,4-7,14H2,1-3H3;1-2H3;1-2H3. The summed E-state index contributed by atoms with van der Waals surface area (Å²) in [6.45, 7) is 8.93. The Labute approximate surface area is 220 Å². The lowest BCUT2D eigenvalue weighted by molar-refractivity contribution is 0.277. The van der Waals surface area contributed by atoms with E-state index in [1.54, 1.807) is 32.5 Å². The average Bonchev–Trinajstić information content (AvgIpc) is 3.67. The van der Waals surface area contributed by atoms with Crippen LogP contribution in [-0.4, -0.2) is 38.1 Å². The summed E-state index contributed by atoms with van der Waals surface area (Å²) in [5.41, 5.74) is 3.55. The Bertz CT molecular complexity index is 1140. The SMILES string of the molecule is CC.CCCC(=N)C(C)(C)S(=O)(=O)Cc1cc(NC(=C2CC2)c2ccc(Cl)cn2)ccc1F.COC. The summed E-state index contributed by atoms with van der Waals surface area (Å²) in [7, 11) is -0.544. The van der Waals surface area contributed by atoms with Gasteiger partial charge in [0, 0.05) is 37.4 Å². The van der Waals surface area contributed by atoms with Crippen molar-refractivity contribution < 1.29 is 17.5 Å². The Morgan fingerprint density at radius 3 is 2.31 bits per heavy atom. The molecule has 1 saturated carbocycles. The van der Waals surface area contributed by atoms with E-state index in [9.17, 15) is 12.8 Å². The van der Waals surface area contributed by atoms with Gasteiger partial charge in [-0.3, -0.25) is 4.98 Å². The van der Waals surface area contributed by atoms with Gasteiger partial charge in [0.05, 0.1) is 22.2 Å². The van der Waals surface area contributed by atoms with Crippen LogP contribution in [0.3, 0.4) is 0 Å². The molecule has 0 aliphatic heterocycles. The molecule has 2 N–H and O–H groups in total. The summed E-state index contributed by atoms with van der Waals surface area (Å²) < 4.78 is 43.5. The lowest BCUT2D eigenvalue weighted by Crippen LogP contribution is -2.41. The van der Waals surface area contributed by atoms with E-state index in [1.807, 2.05) is 26.8 Å². The van der Waals surface area contributed by atoms with Crippen molar-refractivity contribution in [3.8, 4) is 0 Å². The average molecular weight is 540 g/mol. The Hall–Kier alpha value is -2.29. The second kappa shape index (κ2) is 14.4. The maximum absolute atomic E-state index is 14.5. The first-order valence-electron chi connectivity index (χ1n) is 12.1. The molecule has 1 fully saturated rings. The van der Waals surface area contributed by atoms with Crippen LogP contribution < -0.4 is 5.32 Å². The molecule has 3 rings (SSSR count). The molecule has 2 aromatic rings. The number of halogens is 2. The van der Waals surface area contributed by atoms with E-state index in [0.717, 1.165) is 24.2 Å². The van der Waals surface area contributed by atoms with Gasteiger partial charge in [-0.2, -0.15) is 0 Å². The number of hydrogen-bond acceptors (Lipinski definition) is 6. The molecule has 0 atom stereocenters. The van der Waals surface area contributed by atoms with Crippen LogP contribution in [0.5, 0.6) is 0 Å². The van der Waals surface area contributed by atoms with Crippen molar-refractivity contribution in [1.82, 2.24) is 4.98 Å². The summed E-state index contributed by atoms with van der Waals surface area (Å²) >= 11 is 5.94. The number of rotatable bonds is 9. The number of allylic oxidation sites excluding steroid dienone is 1. The number of benzene rings is 1. The molecule has 1 aliphatic rings. The van der Waals surface area contributed by atoms with Gasteiger partial charge in [0.1, 0.15) is 10.6 Å². The van der Waals surface area contributed by atoms with Gasteiger partial charge in [-0.25, -0.2) is 12.8 Å². The fraction of sp³-hybridized carbons (Fsp3) is 0.481. The highest BCUT2D eigenvalue weighted by Gasteiger charge is 2.38. The predicted octanol–water partition coefficient (Wildman–Crippen LogP) is 7.29. The minimum Gasteiger partial charge on any atom is -0.388 e. The van der Waals surface area contributed by atoms with E-state index in [2.05, 4.69) is 15.0 Å². The van der Waals surface area contributed by atoms with Crippen molar-refractivity contribution in [2.24, 2.45) is 0 Å². The van der Waals surface area contributed by atoms with E-state index in [0.29, 0.717) is 23.6 Å². The molecule has 6 nitrogen and oxygen atoms in total. The third-order valence-corrected chi connectivity index (χ3v) is 8.22. The molecular formula is C27H39ClFN3O3S. The van der Waals surface area contributed by atoms with Crippen LogP contribution in [-0.2, 0) is 20.3 Å². The number of nitrogens with zero attached hydrogens (tertiary/aromatic N) is 1. The minimum absolute atomic E-state index is 0.0755. The normalized spacial score (nSPS) is 12.5. The van der Waals surface area contributed by atoms with Crippen molar-refractivity contribution in [3.63, 3.8) is 0 Å². The van der Waals surface area contributed by atoms with Crippen LogP contribution in [0.15, 0.2) is 42.1 Å². The summed E-state index contributed by atoms with van der Waals surface area (Å²) in [4.78, 5) is 4.36. The quantitative estimate of drug-likeness (QED) is 0.326. The molecule has 0 radical (unpaired) electrons. The number of pyridine rings is 1. The molecule has 0 unspecified atom stereocenters. The molecule has 0 amide bonds. The van der Waals surface area contributed by atoms with Crippen molar-refractivity contribution in [1.29, 1.82) is 5.41 Å². The summed E-state index contributed by atoms with van der Waals surface area (Å²) in [6.07, 6.45) is 4.53. The fourth-order valence-corrected chi connectivity index (χ4v) is 4.78. The van der Waals surface area contributed by atoms with E-state index >= 15 is 0 Å². The minimum atomic E-state index is -3.79. The zero-order chi connectivity index (χ0) is 27.5. The molecule has 200 valence electrons. The van der Waals surface area contributed by atoms with Crippen LogP contribution >= 0.6 is 11.6 Å². The first-order valence-corrected chi connectivity index (χ1v) is 14.1. The van der Waals surface area contributed by atoms with E-state index in [-0.39, 0.29) is 11.3 Å². The molecule has 1 aromatic heterocycles. The monoisotopic (exact) mass is 539 g/mol. The van der Waals surface area contributed by atoms with Crippen molar-refractivity contribution in [3.05, 3.63) is 64.2 Å². The third kappa shape index (κ3) is 8.68. The highest BCUT2D eigenvalue weighted by molar-refractivity contribution is 7.92. The summed E-state index contributed by atoms with van der Waals surface area (Å²) in [5, 5.41) is 12.0. The van der Waals surface area contributed by atoms with Crippen molar-refractivity contribution in [2.75, 3.05) is 19.5 Å². The third-order valence-electron chi connectivity index (χ3n) is 5.50. The molecule has 1 heterocycles. The number of sulfone groups is 1. The Morgan fingerprint density at radius 1 is 1.19 bits per heavy atom. The summed E-state index contributed by atoms with van der Waals surface area (Å²) in [5.74, 6) is -1.06. The van der Waals surface area contributed by atoms with Crippen molar-refractivity contribution >= 4 is 38.5 Å². The van der Waals surface area contributed by atoms with Gasteiger partial charge in [0.15, 0.2) is 9.84 Å². The van der Waals surface area contributed by atoms with Gasteiger partial charge in [-0.15, -0.1) is 0 Å². The van der Waals surface area contributed by atoms with Gasteiger partial charge >= 0.3 is 0 Å². The largest absolute Gasteiger partial charge is 0.388 e. The molecule has 0 spiro atoms. The summed E-state index contributed by atoms with van der Waals surface area (Å²) in [6, 6.07) is 7.93. The van der Waals surface area contributed by atoms with Gasteiger partial charge < -0.3 is 15.5 Å². The number of anilines is 1. The van der Waals surface area contributed by atoms with Crippen LogP contribution in [0.25, 0.3) is 5.70 Å². The van der Waals surface area contributed by atoms with E-state index < -0.39 is 26.2 Å². The first-order chi connectivity index (χ1) is 17.0. The smallest absolute Gasteiger partial charge is 0.165 e.